The van der Waals surface area contributed by atoms with E-state index in [0.29, 0.717) is 12.6 Å². The first-order valence-corrected chi connectivity index (χ1v) is 8.54. The predicted octanol–water partition coefficient (Wildman–Crippen LogP) is 2.16. The van der Waals surface area contributed by atoms with Gasteiger partial charge in [-0.15, -0.1) is 0 Å². The van der Waals surface area contributed by atoms with Crippen LogP contribution in [0.25, 0.3) is 0 Å². The molecule has 2 fully saturated rings. The maximum absolute atomic E-state index is 12.3. The van der Waals surface area contributed by atoms with Gasteiger partial charge in [0.25, 0.3) is 0 Å². The summed E-state index contributed by atoms with van der Waals surface area (Å²) in [4.78, 5) is 16.5. The van der Waals surface area contributed by atoms with Gasteiger partial charge in [-0.3, -0.25) is 4.90 Å². The summed E-state index contributed by atoms with van der Waals surface area (Å²) in [6.45, 7) is 5.68. The van der Waals surface area contributed by atoms with Crippen LogP contribution in [0.1, 0.15) is 36.8 Å². The Morgan fingerprint density at radius 1 is 1.39 bits per heavy atom. The highest BCUT2D eigenvalue weighted by atomic mass is 16.5. The van der Waals surface area contributed by atoms with E-state index in [0.717, 1.165) is 50.7 Å². The first-order valence-electron chi connectivity index (χ1n) is 8.54. The molecule has 0 spiro atoms. The number of carbonyl (C=O) groups is 1. The minimum absolute atomic E-state index is 0.0104. The number of nitrogens with one attached hydrogen (secondary N) is 1. The summed E-state index contributed by atoms with van der Waals surface area (Å²) in [6, 6.07) is 4.47. The van der Waals surface area contributed by atoms with Crippen molar-refractivity contribution in [3.8, 4) is 0 Å². The van der Waals surface area contributed by atoms with Gasteiger partial charge in [0.15, 0.2) is 0 Å². The van der Waals surface area contributed by atoms with Crippen molar-refractivity contribution in [2.75, 3.05) is 39.9 Å². The zero-order valence-electron chi connectivity index (χ0n) is 14.1. The molecule has 1 N–H and O–H groups in total. The number of aryl methyl sites for hydroxylation is 1. The Morgan fingerprint density at radius 3 is 2.70 bits per heavy atom. The van der Waals surface area contributed by atoms with Gasteiger partial charge in [0.2, 0.25) is 0 Å². The van der Waals surface area contributed by atoms with Crippen LogP contribution in [-0.2, 0) is 4.74 Å². The SMILES string of the molecule is Cc1ccc(C(CNC(=O)N(C)C2CCC2)N2CCOCC2)o1. The number of hydrogen-bond donors (Lipinski definition) is 1. The lowest BCUT2D eigenvalue weighted by atomic mass is 9.92. The van der Waals surface area contributed by atoms with Crippen molar-refractivity contribution in [3.63, 3.8) is 0 Å². The molecule has 128 valence electrons. The number of urea groups is 1. The molecule has 6 heteroatoms. The standard InChI is InChI=1S/C17H27N3O3/c1-13-6-7-16(23-13)15(20-8-10-22-11-9-20)12-18-17(21)19(2)14-4-3-5-14/h6-7,14-15H,3-5,8-12H2,1-2H3,(H,18,21). The molecule has 2 amide bonds. The molecular weight excluding hydrogens is 294 g/mol. The number of nitrogens with zero attached hydrogens (tertiary/aromatic N) is 2. The number of carbonyl (C=O) groups excluding carboxylic acids is 1. The lowest BCUT2D eigenvalue weighted by molar-refractivity contribution is 0.0118. The van der Waals surface area contributed by atoms with Crippen LogP contribution in [0.5, 0.6) is 0 Å². The van der Waals surface area contributed by atoms with Crippen LogP contribution in [0.3, 0.4) is 0 Å². The van der Waals surface area contributed by atoms with Crippen molar-refractivity contribution in [1.29, 1.82) is 0 Å². The van der Waals surface area contributed by atoms with Crippen molar-refractivity contribution in [3.05, 3.63) is 23.7 Å². The summed E-state index contributed by atoms with van der Waals surface area (Å²) in [5.41, 5.74) is 0. The van der Waals surface area contributed by atoms with E-state index in [-0.39, 0.29) is 12.1 Å². The second-order valence-corrected chi connectivity index (χ2v) is 6.49. The van der Waals surface area contributed by atoms with Gasteiger partial charge in [0.05, 0.1) is 19.3 Å². The molecule has 1 saturated heterocycles. The number of rotatable bonds is 5. The maximum atomic E-state index is 12.3. The van der Waals surface area contributed by atoms with Crippen LogP contribution in [0.2, 0.25) is 0 Å². The van der Waals surface area contributed by atoms with Crippen LogP contribution in [0.15, 0.2) is 16.5 Å². The normalized spacial score (nSPS) is 20.8. The van der Waals surface area contributed by atoms with E-state index >= 15 is 0 Å². The zero-order chi connectivity index (χ0) is 16.2. The van der Waals surface area contributed by atoms with Crippen LogP contribution >= 0.6 is 0 Å². The lowest BCUT2D eigenvalue weighted by Crippen LogP contribution is -2.49. The average molecular weight is 321 g/mol. The fraction of sp³-hybridized carbons (Fsp3) is 0.706. The molecule has 1 atom stereocenters. The molecule has 2 heterocycles. The Kier molecular flexibility index (Phi) is 5.23. The van der Waals surface area contributed by atoms with Crippen molar-refractivity contribution in [2.45, 2.75) is 38.3 Å². The Morgan fingerprint density at radius 2 is 2.13 bits per heavy atom. The van der Waals surface area contributed by atoms with Gasteiger partial charge >= 0.3 is 6.03 Å². The molecule has 1 saturated carbocycles. The van der Waals surface area contributed by atoms with E-state index in [9.17, 15) is 4.79 Å². The van der Waals surface area contributed by atoms with E-state index in [1.807, 2.05) is 31.0 Å². The first kappa shape index (κ1) is 16.3. The molecule has 0 bridgehead atoms. The Labute approximate surface area is 137 Å². The monoisotopic (exact) mass is 321 g/mol. The predicted molar refractivity (Wildman–Crippen MR) is 87.4 cm³/mol. The minimum Gasteiger partial charge on any atom is -0.465 e. The van der Waals surface area contributed by atoms with Gasteiger partial charge < -0.3 is 19.4 Å². The number of furan rings is 1. The smallest absolute Gasteiger partial charge is 0.317 e. The molecule has 1 aliphatic heterocycles. The molecule has 1 aromatic rings. The Hall–Kier alpha value is -1.53. The van der Waals surface area contributed by atoms with Gasteiger partial charge in [-0.1, -0.05) is 0 Å². The van der Waals surface area contributed by atoms with Gasteiger partial charge in [-0.25, -0.2) is 4.79 Å². The number of ether oxygens (including phenoxy) is 1. The van der Waals surface area contributed by atoms with E-state index < -0.39 is 0 Å². The summed E-state index contributed by atoms with van der Waals surface area (Å²) in [5, 5.41) is 3.08. The summed E-state index contributed by atoms with van der Waals surface area (Å²) >= 11 is 0. The van der Waals surface area contributed by atoms with Gasteiger partial charge in [-0.05, 0) is 38.3 Å². The quantitative estimate of drug-likeness (QED) is 0.903. The van der Waals surface area contributed by atoms with E-state index in [1.54, 1.807) is 0 Å². The van der Waals surface area contributed by atoms with Crippen LogP contribution in [0.4, 0.5) is 4.79 Å². The molecule has 23 heavy (non-hydrogen) atoms. The topological polar surface area (TPSA) is 58.0 Å². The summed E-state index contributed by atoms with van der Waals surface area (Å²) < 4.78 is 11.3. The molecule has 0 aromatic carbocycles. The third-order valence-corrected chi connectivity index (χ3v) is 4.97. The highest BCUT2D eigenvalue weighted by Gasteiger charge is 2.28. The molecule has 1 aromatic heterocycles. The molecular formula is C17H27N3O3. The van der Waals surface area contributed by atoms with Gasteiger partial charge in [0, 0.05) is 32.7 Å². The van der Waals surface area contributed by atoms with E-state index in [4.69, 9.17) is 9.15 Å². The van der Waals surface area contributed by atoms with Crippen LogP contribution in [0, 0.1) is 6.92 Å². The molecule has 3 rings (SSSR count). The highest BCUT2D eigenvalue weighted by Crippen LogP contribution is 2.25. The first-order chi connectivity index (χ1) is 11.1. The summed E-state index contributed by atoms with van der Waals surface area (Å²) in [5.74, 6) is 1.81. The fourth-order valence-electron chi connectivity index (χ4n) is 3.18. The van der Waals surface area contributed by atoms with Crippen LogP contribution in [-0.4, -0.2) is 61.8 Å². The second kappa shape index (κ2) is 7.36. The number of amides is 2. The van der Waals surface area contributed by atoms with Gasteiger partial charge in [0.1, 0.15) is 11.5 Å². The summed E-state index contributed by atoms with van der Waals surface area (Å²) in [6.07, 6.45) is 3.47. The Bertz CT molecular complexity index is 521. The molecule has 0 radical (unpaired) electrons. The average Bonchev–Trinajstić information content (AvgIpc) is 2.93. The lowest BCUT2D eigenvalue weighted by Gasteiger charge is -2.36. The number of morpholine rings is 1. The molecule has 1 aliphatic carbocycles. The molecule has 6 nitrogen and oxygen atoms in total. The molecule has 2 aliphatic rings. The maximum Gasteiger partial charge on any atom is 0.317 e. The highest BCUT2D eigenvalue weighted by molar-refractivity contribution is 5.74. The van der Waals surface area contributed by atoms with Crippen molar-refractivity contribution in [1.82, 2.24) is 15.1 Å². The van der Waals surface area contributed by atoms with E-state index in [2.05, 4.69) is 10.2 Å². The largest absolute Gasteiger partial charge is 0.465 e. The Balaban J connectivity index is 1.62. The molecule has 1 unspecified atom stereocenters. The third-order valence-electron chi connectivity index (χ3n) is 4.97. The van der Waals surface area contributed by atoms with E-state index in [1.165, 1.54) is 6.42 Å². The summed E-state index contributed by atoms with van der Waals surface area (Å²) in [7, 11) is 1.89. The minimum atomic E-state index is 0.0104. The fourth-order valence-corrected chi connectivity index (χ4v) is 3.18. The van der Waals surface area contributed by atoms with Crippen molar-refractivity contribution < 1.29 is 13.9 Å². The van der Waals surface area contributed by atoms with Crippen LogP contribution < -0.4 is 5.32 Å². The second-order valence-electron chi connectivity index (χ2n) is 6.49. The van der Waals surface area contributed by atoms with Gasteiger partial charge in [-0.2, -0.15) is 0 Å². The number of hydrogen-bond acceptors (Lipinski definition) is 4. The zero-order valence-corrected chi connectivity index (χ0v) is 14.1. The van der Waals surface area contributed by atoms with Crippen molar-refractivity contribution in [2.24, 2.45) is 0 Å². The third kappa shape index (κ3) is 3.87. The van der Waals surface area contributed by atoms with Crippen molar-refractivity contribution >= 4 is 6.03 Å².